The summed E-state index contributed by atoms with van der Waals surface area (Å²) in [6.45, 7) is 4.77. The van der Waals surface area contributed by atoms with Crippen LogP contribution in [0.3, 0.4) is 0 Å². The molecule has 0 spiro atoms. The number of amides is 1. The van der Waals surface area contributed by atoms with E-state index in [0.717, 1.165) is 27.4 Å². The van der Waals surface area contributed by atoms with E-state index < -0.39 is 0 Å². The van der Waals surface area contributed by atoms with Crippen LogP contribution in [0.25, 0.3) is 0 Å². The molecule has 0 heterocycles. The Labute approximate surface area is 165 Å². The molecule has 0 bridgehead atoms. The van der Waals surface area contributed by atoms with Gasteiger partial charge in [0, 0.05) is 28.9 Å². The summed E-state index contributed by atoms with van der Waals surface area (Å²) in [4.78, 5) is 12.4. The number of benzene rings is 3. The molecule has 4 heteroatoms. The third-order valence-corrected chi connectivity index (χ3v) is 4.83. The van der Waals surface area contributed by atoms with Gasteiger partial charge >= 0.3 is 0 Å². The zero-order chi connectivity index (χ0) is 19.2. The molecule has 3 aromatic carbocycles. The Kier molecular flexibility index (Phi) is 6.28. The molecule has 2 N–H and O–H groups in total. The molecule has 1 atom stereocenters. The molecule has 0 radical (unpaired) electrons. The Morgan fingerprint density at radius 1 is 1.00 bits per heavy atom. The van der Waals surface area contributed by atoms with Crippen molar-refractivity contribution in [2.24, 2.45) is 0 Å². The second-order valence-electron chi connectivity index (χ2n) is 6.64. The highest BCUT2D eigenvalue weighted by Crippen LogP contribution is 2.22. The molecule has 0 aliphatic rings. The van der Waals surface area contributed by atoms with E-state index in [1.165, 1.54) is 0 Å². The first kappa shape index (κ1) is 19.2. The molecule has 0 unspecified atom stereocenters. The van der Waals surface area contributed by atoms with Gasteiger partial charge in [-0.05, 0) is 55.3 Å². The smallest absolute Gasteiger partial charge is 0.255 e. The summed E-state index contributed by atoms with van der Waals surface area (Å²) in [6.07, 6.45) is 0. The van der Waals surface area contributed by atoms with Gasteiger partial charge in [-0.3, -0.25) is 4.79 Å². The van der Waals surface area contributed by atoms with Gasteiger partial charge in [-0.1, -0.05) is 59.6 Å². The third-order valence-electron chi connectivity index (χ3n) is 4.48. The molecule has 0 aliphatic heterocycles. The third kappa shape index (κ3) is 5.19. The quantitative estimate of drug-likeness (QED) is 0.573. The maximum absolute atomic E-state index is 12.4. The van der Waals surface area contributed by atoms with Crippen LogP contribution >= 0.6 is 11.6 Å². The van der Waals surface area contributed by atoms with E-state index in [9.17, 15) is 4.79 Å². The van der Waals surface area contributed by atoms with Gasteiger partial charge < -0.3 is 10.6 Å². The average Bonchev–Trinajstić information content (AvgIpc) is 2.67. The number of hydrogen-bond acceptors (Lipinski definition) is 2. The maximum Gasteiger partial charge on any atom is 0.255 e. The van der Waals surface area contributed by atoms with Crippen molar-refractivity contribution in [1.82, 2.24) is 5.32 Å². The van der Waals surface area contributed by atoms with Crippen LogP contribution in [0.15, 0.2) is 72.8 Å². The van der Waals surface area contributed by atoms with Crippen molar-refractivity contribution >= 4 is 23.2 Å². The lowest BCUT2D eigenvalue weighted by Crippen LogP contribution is -2.18. The number of anilines is 1. The second kappa shape index (κ2) is 8.85. The van der Waals surface area contributed by atoms with Crippen molar-refractivity contribution in [3.63, 3.8) is 0 Å². The fraction of sp³-hybridized carbons (Fsp3) is 0.174. The van der Waals surface area contributed by atoms with Crippen molar-refractivity contribution in [3.05, 3.63) is 100 Å². The first-order valence-corrected chi connectivity index (χ1v) is 9.35. The highest BCUT2D eigenvalue weighted by molar-refractivity contribution is 6.31. The van der Waals surface area contributed by atoms with Gasteiger partial charge in [-0.15, -0.1) is 0 Å². The minimum Gasteiger partial charge on any atom is -0.322 e. The Balaban J connectivity index is 1.62. The molecule has 1 amide bonds. The molecular weight excluding hydrogens is 356 g/mol. The predicted octanol–water partition coefficient (Wildman–Crippen LogP) is 5.75. The number of rotatable bonds is 6. The topological polar surface area (TPSA) is 41.1 Å². The van der Waals surface area contributed by atoms with Crippen molar-refractivity contribution in [3.8, 4) is 0 Å². The van der Waals surface area contributed by atoms with E-state index in [1.54, 1.807) is 0 Å². The summed E-state index contributed by atoms with van der Waals surface area (Å²) in [5.41, 5.74) is 4.73. The number of aryl methyl sites for hydroxylation is 1. The Hall–Kier alpha value is -2.62. The summed E-state index contributed by atoms with van der Waals surface area (Å²) in [5, 5.41) is 7.20. The van der Waals surface area contributed by atoms with E-state index >= 15 is 0 Å². The van der Waals surface area contributed by atoms with Gasteiger partial charge in [0.15, 0.2) is 0 Å². The molecule has 0 fully saturated rings. The van der Waals surface area contributed by atoms with Crippen LogP contribution in [-0.4, -0.2) is 5.91 Å². The highest BCUT2D eigenvalue weighted by atomic mass is 35.5. The van der Waals surface area contributed by atoms with E-state index in [-0.39, 0.29) is 11.9 Å². The summed E-state index contributed by atoms with van der Waals surface area (Å²) in [6, 6.07) is 23.4. The second-order valence-corrected chi connectivity index (χ2v) is 7.05. The predicted molar refractivity (Wildman–Crippen MR) is 112 cm³/mol. The lowest BCUT2D eigenvalue weighted by molar-refractivity contribution is 0.102. The number of carbonyl (C=O) groups is 1. The summed E-state index contributed by atoms with van der Waals surface area (Å²) in [5.74, 6) is -0.107. The first-order valence-electron chi connectivity index (χ1n) is 8.97. The van der Waals surface area contributed by atoms with Crippen LogP contribution in [0.1, 0.15) is 40.0 Å². The number of carbonyl (C=O) groups excluding carboxylic acids is 1. The van der Waals surface area contributed by atoms with Crippen LogP contribution in [0.4, 0.5) is 5.69 Å². The molecule has 3 aromatic rings. The molecule has 27 heavy (non-hydrogen) atoms. The van der Waals surface area contributed by atoms with E-state index in [2.05, 4.69) is 17.6 Å². The highest BCUT2D eigenvalue weighted by Gasteiger charge is 2.09. The van der Waals surface area contributed by atoms with Crippen LogP contribution in [0.2, 0.25) is 5.02 Å². The van der Waals surface area contributed by atoms with Gasteiger partial charge in [0.05, 0.1) is 0 Å². The SMILES string of the molecule is Cc1ccc(C(=O)Nc2cccc(CN[C@@H](C)c3ccccc3Cl)c2)cc1. The lowest BCUT2D eigenvalue weighted by atomic mass is 10.1. The Bertz CT molecular complexity index is 922. The molecule has 3 nitrogen and oxygen atoms in total. The van der Waals surface area contributed by atoms with E-state index in [0.29, 0.717) is 12.1 Å². The summed E-state index contributed by atoms with van der Waals surface area (Å²) < 4.78 is 0. The van der Waals surface area contributed by atoms with Crippen LogP contribution < -0.4 is 10.6 Å². The molecular formula is C23H23ClN2O. The van der Waals surface area contributed by atoms with Crippen LogP contribution in [-0.2, 0) is 6.54 Å². The maximum atomic E-state index is 12.4. The van der Waals surface area contributed by atoms with Gasteiger partial charge in [-0.2, -0.15) is 0 Å². The van der Waals surface area contributed by atoms with Gasteiger partial charge in [0.2, 0.25) is 0 Å². The van der Waals surface area contributed by atoms with Crippen LogP contribution in [0.5, 0.6) is 0 Å². The molecule has 0 aliphatic carbocycles. The monoisotopic (exact) mass is 378 g/mol. The minimum absolute atomic E-state index is 0.107. The number of hydrogen-bond donors (Lipinski definition) is 2. The number of nitrogens with one attached hydrogen (secondary N) is 2. The largest absolute Gasteiger partial charge is 0.322 e. The molecule has 0 saturated carbocycles. The van der Waals surface area contributed by atoms with Crippen molar-refractivity contribution in [2.45, 2.75) is 26.4 Å². The molecule has 0 saturated heterocycles. The van der Waals surface area contributed by atoms with E-state index in [1.807, 2.05) is 79.7 Å². The lowest BCUT2D eigenvalue weighted by Gasteiger charge is -2.16. The fourth-order valence-corrected chi connectivity index (χ4v) is 3.17. The van der Waals surface area contributed by atoms with Gasteiger partial charge in [-0.25, -0.2) is 0 Å². The normalized spacial score (nSPS) is 11.8. The van der Waals surface area contributed by atoms with Crippen molar-refractivity contribution in [2.75, 3.05) is 5.32 Å². The zero-order valence-corrected chi connectivity index (χ0v) is 16.3. The van der Waals surface area contributed by atoms with E-state index in [4.69, 9.17) is 11.6 Å². The Morgan fingerprint density at radius 3 is 2.48 bits per heavy atom. The van der Waals surface area contributed by atoms with Gasteiger partial charge in [0.1, 0.15) is 0 Å². The first-order chi connectivity index (χ1) is 13.0. The molecule has 138 valence electrons. The molecule has 3 rings (SSSR count). The fourth-order valence-electron chi connectivity index (χ4n) is 2.87. The summed E-state index contributed by atoms with van der Waals surface area (Å²) in [7, 11) is 0. The van der Waals surface area contributed by atoms with Crippen LogP contribution in [0, 0.1) is 6.92 Å². The van der Waals surface area contributed by atoms with Crippen molar-refractivity contribution in [1.29, 1.82) is 0 Å². The standard InChI is InChI=1S/C23H23ClN2O/c1-16-10-12-19(13-11-16)23(27)26-20-7-5-6-18(14-20)15-25-17(2)21-8-3-4-9-22(21)24/h3-14,17,25H,15H2,1-2H3,(H,26,27)/t17-/m0/s1. The molecule has 0 aromatic heterocycles. The minimum atomic E-state index is -0.107. The van der Waals surface area contributed by atoms with Crippen molar-refractivity contribution < 1.29 is 4.79 Å². The Morgan fingerprint density at radius 2 is 1.74 bits per heavy atom. The number of halogens is 1. The average molecular weight is 379 g/mol. The zero-order valence-electron chi connectivity index (χ0n) is 15.5. The summed E-state index contributed by atoms with van der Waals surface area (Å²) >= 11 is 6.26. The van der Waals surface area contributed by atoms with Gasteiger partial charge in [0.25, 0.3) is 5.91 Å².